The molecule has 0 aliphatic carbocycles. The van der Waals surface area contributed by atoms with Crippen molar-refractivity contribution in [2.75, 3.05) is 47.0 Å². The van der Waals surface area contributed by atoms with E-state index in [-0.39, 0.29) is 11.8 Å². The van der Waals surface area contributed by atoms with Crippen LogP contribution in [-0.2, 0) is 4.79 Å². The van der Waals surface area contributed by atoms with E-state index in [1.54, 1.807) is 42.2 Å². The van der Waals surface area contributed by atoms with Crippen LogP contribution in [0.5, 0.6) is 17.2 Å². The lowest BCUT2D eigenvalue weighted by atomic mass is 10.1. The van der Waals surface area contributed by atoms with Gasteiger partial charge < -0.3 is 24.0 Å². The predicted octanol–water partition coefficient (Wildman–Crippen LogP) is 2.46. The largest absolute Gasteiger partial charge is 0.497 e. The number of methoxy groups -OCH3 is 2. The average Bonchev–Trinajstić information content (AvgIpc) is 2.78. The molecule has 0 atom stereocenters. The summed E-state index contributed by atoms with van der Waals surface area (Å²) in [6.45, 7) is 2.34. The Morgan fingerprint density at radius 1 is 0.828 bits per heavy atom. The maximum atomic E-state index is 12.8. The van der Waals surface area contributed by atoms with E-state index in [0.29, 0.717) is 56.3 Å². The number of hydrogen-bond acceptors (Lipinski definition) is 5. The van der Waals surface area contributed by atoms with Gasteiger partial charge in [-0.25, -0.2) is 0 Å². The van der Waals surface area contributed by atoms with E-state index in [9.17, 15) is 9.59 Å². The summed E-state index contributed by atoms with van der Waals surface area (Å²) in [6.07, 6.45) is 0.315. The van der Waals surface area contributed by atoms with Crippen LogP contribution in [0.4, 0.5) is 0 Å². The van der Waals surface area contributed by atoms with Crippen LogP contribution in [0.3, 0.4) is 0 Å². The number of para-hydroxylation sites is 1. The molecule has 0 unspecified atom stereocenters. The van der Waals surface area contributed by atoms with E-state index in [4.69, 9.17) is 14.2 Å². The number of benzene rings is 2. The molecule has 7 heteroatoms. The molecule has 0 radical (unpaired) electrons. The van der Waals surface area contributed by atoms with Crippen molar-refractivity contribution in [2.45, 2.75) is 6.42 Å². The zero-order valence-corrected chi connectivity index (χ0v) is 16.8. The third-order valence-electron chi connectivity index (χ3n) is 4.85. The van der Waals surface area contributed by atoms with Gasteiger partial charge in [0.25, 0.3) is 5.91 Å². The molecule has 2 aromatic carbocycles. The Morgan fingerprint density at radius 3 is 2.00 bits per heavy atom. The highest BCUT2D eigenvalue weighted by Crippen LogP contribution is 2.24. The van der Waals surface area contributed by atoms with Crippen LogP contribution in [0.2, 0.25) is 0 Å². The lowest BCUT2D eigenvalue weighted by molar-refractivity contribution is -0.133. The fourth-order valence-electron chi connectivity index (χ4n) is 3.20. The summed E-state index contributed by atoms with van der Waals surface area (Å²) in [6, 6.07) is 14.6. The SMILES string of the molecule is COc1cc(OC)cc(C(=O)N2CCN(C(=O)CCOc3ccccc3)CC2)c1. The van der Waals surface area contributed by atoms with Gasteiger partial charge in [-0.05, 0) is 24.3 Å². The summed E-state index contributed by atoms with van der Waals surface area (Å²) in [5.41, 5.74) is 0.511. The first-order chi connectivity index (χ1) is 14.1. The van der Waals surface area contributed by atoms with Gasteiger partial charge in [-0.15, -0.1) is 0 Å². The highest BCUT2D eigenvalue weighted by Gasteiger charge is 2.25. The normalized spacial score (nSPS) is 13.7. The van der Waals surface area contributed by atoms with Gasteiger partial charge in [-0.3, -0.25) is 9.59 Å². The zero-order chi connectivity index (χ0) is 20.6. The van der Waals surface area contributed by atoms with Crippen LogP contribution in [0, 0.1) is 0 Å². The first-order valence-electron chi connectivity index (χ1n) is 9.58. The summed E-state index contributed by atoms with van der Waals surface area (Å²) in [5.74, 6) is 1.84. The van der Waals surface area contributed by atoms with Crippen molar-refractivity contribution in [1.29, 1.82) is 0 Å². The highest BCUT2D eigenvalue weighted by atomic mass is 16.5. The van der Waals surface area contributed by atoms with Crippen LogP contribution in [0.1, 0.15) is 16.8 Å². The van der Waals surface area contributed by atoms with E-state index in [2.05, 4.69) is 0 Å². The molecule has 0 aromatic heterocycles. The van der Waals surface area contributed by atoms with Gasteiger partial charge in [0, 0.05) is 37.8 Å². The molecule has 0 N–H and O–H groups in total. The standard InChI is InChI=1S/C22H26N2O5/c1-27-19-14-17(15-20(16-19)28-2)22(26)24-11-9-23(10-12-24)21(25)8-13-29-18-6-4-3-5-7-18/h3-7,14-16H,8-13H2,1-2H3. The van der Waals surface area contributed by atoms with Crippen LogP contribution in [-0.4, -0.2) is 68.6 Å². The highest BCUT2D eigenvalue weighted by molar-refractivity contribution is 5.95. The molecule has 1 saturated heterocycles. The Hall–Kier alpha value is -3.22. The quantitative estimate of drug-likeness (QED) is 0.717. The number of piperazine rings is 1. The molecule has 1 aliphatic heterocycles. The van der Waals surface area contributed by atoms with Crippen LogP contribution >= 0.6 is 0 Å². The lowest BCUT2D eigenvalue weighted by Crippen LogP contribution is -2.50. The minimum Gasteiger partial charge on any atom is -0.497 e. The zero-order valence-electron chi connectivity index (χ0n) is 16.8. The number of rotatable bonds is 7. The Morgan fingerprint density at radius 2 is 1.41 bits per heavy atom. The summed E-state index contributed by atoms with van der Waals surface area (Å²) in [7, 11) is 3.10. The molecular weight excluding hydrogens is 372 g/mol. The molecule has 1 fully saturated rings. The minimum atomic E-state index is -0.0956. The number of ether oxygens (including phenoxy) is 3. The van der Waals surface area contributed by atoms with Crippen LogP contribution < -0.4 is 14.2 Å². The van der Waals surface area contributed by atoms with Crippen molar-refractivity contribution in [3.63, 3.8) is 0 Å². The predicted molar refractivity (Wildman–Crippen MR) is 109 cm³/mol. The van der Waals surface area contributed by atoms with E-state index in [1.165, 1.54) is 0 Å². The van der Waals surface area contributed by atoms with Gasteiger partial charge in [-0.1, -0.05) is 18.2 Å². The van der Waals surface area contributed by atoms with E-state index in [0.717, 1.165) is 5.75 Å². The molecule has 3 rings (SSSR count). The minimum absolute atomic E-state index is 0.0380. The Balaban J connectivity index is 1.49. The number of nitrogens with zero attached hydrogens (tertiary/aromatic N) is 2. The number of carbonyl (C=O) groups excluding carboxylic acids is 2. The van der Waals surface area contributed by atoms with Gasteiger partial charge in [0.05, 0.1) is 27.2 Å². The Labute approximate surface area is 170 Å². The molecule has 7 nitrogen and oxygen atoms in total. The molecule has 2 aromatic rings. The summed E-state index contributed by atoms with van der Waals surface area (Å²) >= 11 is 0. The molecule has 2 amide bonds. The lowest BCUT2D eigenvalue weighted by Gasteiger charge is -2.35. The van der Waals surface area contributed by atoms with E-state index < -0.39 is 0 Å². The fourth-order valence-corrected chi connectivity index (χ4v) is 3.20. The molecule has 0 saturated carbocycles. The number of hydrogen-bond donors (Lipinski definition) is 0. The van der Waals surface area contributed by atoms with Gasteiger partial charge >= 0.3 is 0 Å². The topological polar surface area (TPSA) is 68.3 Å². The third kappa shape index (κ3) is 5.40. The van der Waals surface area contributed by atoms with Crippen molar-refractivity contribution in [2.24, 2.45) is 0 Å². The second-order valence-electron chi connectivity index (χ2n) is 6.69. The summed E-state index contributed by atoms with van der Waals surface area (Å²) < 4.78 is 16.1. The molecule has 0 bridgehead atoms. The second-order valence-corrected chi connectivity index (χ2v) is 6.69. The monoisotopic (exact) mass is 398 g/mol. The molecule has 0 spiro atoms. The van der Waals surface area contributed by atoms with Crippen molar-refractivity contribution in [1.82, 2.24) is 9.80 Å². The molecule has 29 heavy (non-hydrogen) atoms. The van der Waals surface area contributed by atoms with Gasteiger partial charge in [-0.2, -0.15) is 0 Å². The second kappa shape index (κ2) is 9.82. The maximum absolute atomic E-state index is 12.8. The molecule has 1 aliphatic rings. The van der Waals surface area contributed by atoms with Gasteiger partial charge in [0.1, 0.15) is 17.2 Å². The Bertz CT molecular complexity index is 810. The first-order valence-corrected chi connectivity index (χ1v) is 9.58. The van der Waals surface area contributed by atoms with Crippen molar-refractivity contribution < 1.29 is 23.8 Å². The van der Waals surface area contributed by atoms with Crippen molar-refractivity contribution >= 4 is 11.8 Å². The first kappa shape index (κ1) is 20.5. The van der Waals surface area contributed by atoms with E-state index >= 15 is 0 Å². The van der Waals surface area contributed by atoms with Gasteiger partial charge in [0.15, 0.2) is 0 Å². The summed E-state index contributed by atoms with van der Waals surface area (Å²) in [5, 5.41) is 0. The smallest absolute Gasteiger partial charge is 0.254 e. The average molecular weight is 398 g/mol. The number of carbonyl (C=O) groups is 2. The van der Waals surface area contributed by atoms with E-state index in [1.807, 2.05) is 30.3 Å². The fraction of sp³-hybridized carbons (Fsp3) is 0.364. The van der Waals surface area contributed by atoms with Gasteiger partial charge in [0.2, 0.25) is 5.91 Å². The van der Waals surface area contributed by atoms with Crippen LogP contribution in [0.25, 0.3) is 0 Å². The van der Waals surface area contributed by atoms with Crippen molar-refractivity contribution in [3.8, 4) is 17.2 Å². The van der Waals surface area contributed by atoms with Crippen LogP contribution in [0.15, 0.2) is 48.5 Å². The molecule has 1 heterocycles. The molecular formula is C22H26N2O5. The Kier molecular flexibility index (Phi) is 6.94. The maximum Gasteiger partial charge on any atom is 0.254 e. The molecule has 154 valence electrons. The number of amides is 2. The third-order valence-corrected chi connectivity index (χ3v) is 4.85. The summed E-state index contributed by atoms with van der Waals surface area (Å²) in [4.78, 5) is 28.8. The van der Waals surface area contributed by atoms with Crippen molar-refractivity contribution in [3.05, 3.63) is 54.1 Å².